The fourth-order valence-corrected chi connectivity index (χ4v) is 4.25. The van der Waals surface area contributed by atoms with Gasteiger partial charge in [-0.1, -0.05) is 0 Å². The van der Waals surface area contributed by atoms with Gasteiger partial charge in [-0.3, -0.25) is 9.59 Å². The van der Waals surface area contributed by atoms with E-state index in [9.17, 15) is 23.5 Å². The SMILES string of the molecule is CC(=O)N[C@@]1(C)CCOC2(CCN(C(=O)c3cc(C)n(C(F)F)n3)CC2)[C@@H]1O. The Kier molecular flexibility index (Phi) is 5.46. The van der Waals surface area contributed by atoms with E-state index in [0.29, 0.717) is 43.6 Å². The van der Waals surface area contributed by atoms with Gasteiger partial charge >= 0.3 is 6.55 Å². The van der Waals surface area contributed by atoms with Crippen molar-refractivity contribution >= 4 is 11.8 Å². The molecule has 1 spiro atoms. The molecule has 156 valence electrons. The Morgan fingerprint density at radius 1 is 1.36 bits per heavy atom. The molecule has 0 saturated carbocycles. The Labute approximate surface area is 161 Å². The molecular weight excluding hydrogens is 374 g/mol. The molecule has 2 fully saturated rings. The third kappa shape index (κ3) is 3.62. The quantitative estimate of drug-likeness (QED) is 0.796. The first-order valence-electron chi connectivity index (χ1n) is 9.32. The molecule has 0 bridgehead atoms. The van der Waals surface area contributed by atoms with E-state index in [-0.39, 0.29) is 17.3 Å². The number of nitrogens with one attached hydrogen (secondary N) is 1. The molecule has 8 nitrogen and oxygen atoms in total. The van der Waals surface area contributed by atoms with E-state index in [1.807, 2.05) is 0 Å². The number of carbonyl (C=O) groups is 2. The van der Waals surface area contributed by atoms with E-state index >= 15 is 0 Å². The number of rotatable bonds is 3. The van der Waals surface area contributed by atoms with Gasteiger partial charge in [-0.15, -0.1) is 0 Å². The monoisotopic (exact) mass is 400 g/mol. The average molecular weight is 400 g/mol. The van der Waals surface area contributed by atoms with Crippen LogP contribution in [-0.4, -0.2) is 68.5 Å². The van der Waals surface area contributed by atoms with Gasteiger partial charge in [0.05, 0.1) is 11.1 Å². The summed E-state index contributed by atoms with van der Waals surface area (Å²) in [4.78, 5) is 25.7. The van der Waals surface area contributed by atoms with E-state index in [1.54, 1.807) is 6.92 Å². The Hall–Kier alpha value is -2.07. The number of aliphatic hydroxyl groups is 1. The lowest BCUT2D eigenvalue weighted by Crippen LogP contribution is -2.69. The van der Waals surface area contributed by atoms with Gasteiger partial charge in [-0.05, 0) is 39.2 Å². The molecule has 10 heteroatoms. The van der Waals surface area contributed by atoms with Crippen LogP contribution in [0.4, 0.5) is 8.78 Å². The van der Waals surface area contributed by atoms with Gasteiger partial charge in [-0.2, -0.15) is 13.9 Å². The van der Waals surface area contributed by atoms with Crippen molar-refractivity contribution in [3.05, 3.63) is 17.5 Å². The van der Waals surface area contributed by atoms with Crippen LogP contribution in [0.15, 0.2) is 6.07 Å². The lowest BCUT2D eigenvalue weighted by Gasteiger charge is -2.53. The van der Waals surface area contributed by atoms with Gasteiger partial charge in [0.2, 0.25) is 5.91 Å². The summed E-state index contributed by atoms with van der Waals surface area (Å²) >= 11 is 0. The number of ether oxygens (including phenoxy) is 1. The number of likely N-dealkylation sites (tertiary alicyclic amines) is 1. The highest BCUT2D eigenvalue weighted by molar-refractivity contribution is 5.92. The number of hydrogen-bond acceptors (Lipinski definition) is 5. The molecule has 28 heavy (non-hydrogen) atoms. The fraction of sp³-hybridized carbons (Fsp3) is 0.722. The number of aryl methyl sites for hydroxylation is 1. The summed E-state index contributed by atoms with van der Waals surface area (Å²) in [6.45, 7) is 2.85. The Morgan fingerprint density at radius 2 is 2.00 bits per heavy atom. The molecule has 0 aliphatic carbocycles. The van der Waals surface area contributed by atoms with Crippen molar-refractivity contribution < 1.29 is 28.2 Å². The summed E-state index contributed by atoms with van der Waals surface area (Å²) in [5.41, 5.74) is -1.47. The molecule has 2 saturated heterocycles. The standard InChI is InChI=1S/C18H26F2N4O4/c1-11-10-13(22-24(11)16(19)20)14(26)23-7-4-18(5-8-23)15(27)17(3,6-9-28-18)21-12(2)25/h10,15-16,27H,4-9H2,1-3H3,(H,21,25)/t15-,17+/m1/s1. The van der Waals surface area contributed by atoms with Crippen LogP contribution in [0, 0.1) is 6.92 Å². The van der Waals surface area contributed by atoms with Gasteiger partial charge in [0, 0.05) is 32.3 Å². The van der Waals surface area contributed by atoms with Crippen LogP contribution in [0.5, 0.6) is 0 Å². The fourth-order valence-electron chi connectivity index (χ4n) is 4.25. The van der Waals surface area contributed by atoms with Crippen LogP contribution in [-0.2, 0) is 9.53 Å². The molecule has 3 heterocycles. The van der Waals surface area contributed by atoms with E-state index in [0.717, 1.165) is 0 Å². The highest BCUT2D eigenvalue weighted by atomic mass is 19.3. The summed E-state index contributed by atoms with van der Waals surface area (Å²) in [6, 6.07) is 1.35. The Balaban J connectivity index is 1.70. The van der Waals surface area contributed by atoms with E-state index in [4.69, 9.17) is 4.74 Å². The predicted octanol–water partition coefficient (Wildman–Crippen LogP) is 1.24. The highest BCUT2D eigenvalue weighted by Crippen LogP contribution is 2.40. The lowest BCUT2D eigenvalue weighted by molar-refractivity contribution is -0.205. The molecule has 2 aliphatic heterocycles. The molecular formula is C18H26F2N4O4. The van der Waals surface area contributed by atoms with E-state index in [2.05, 4.69) is 10.4 Å². The first kappa shape index (κ1) is 20.7. The van der Waals surface area contributed by atoms with Crippen molar-refractivity contribution in [1.82, 2.24) is 20.0 Å². The van der Waals surface area contributed by atoms with Crippen molar-refractivity contribution in [3.8, 4) is 0 Å². The van der Waals surface area contributed by atoms with Gasteiger partial charge < -0.3 is 20.1 Å². The topological polar surface area (TPSA) is 96.7 Å². The number of aliphatic hydroxyl groups excluding tert-OH is 1. The number of hydrogen-bond donors (Lipinski definition) is 2. The summed E-state index contributed by atoms with van der Waals surface area (Å²) in [5, 5.41) is 17.5. The molecule has 0 radical (unpaired) electrons. The summed E-state index contributed by atoms with van der Waals surface area (Å²) in [5.74, 6) is -0.650. The van der Waals surface area contributed by atoms with Crippen LogP contribution in [0.2, 0.25) is 0 Å². The molecule has 2 atom stereocenters. The highest BCUT2D eigenvalue weighted by Gasteiger charge is 2.54. The third-order valence-corrected chi connectivity index (χ3v) is 5.80. The minimum absolute atomic E-state index is 0.0260. The van der Waals surface area contributed by atoms with Crippen molar-refractivity contribution in [2.45, 2.75) is 63.8 Å². The van der Waals surface area contributed by atoms with Crippen molar-refractivity contribution in [2.24, 2.45) is 0 Å². The van der Waals surface area contributed by atoms with Crippen molar-refractivity contribution in [3.63, 3.8) is 0 Å². The molecule has 1 aromatic heterocycles. The zero-order valence-corrected chi connectivity index (χ0v) is 16.2. The maximum Gasteiger partial charge on any atom is 0.333 e. The van der Waals surface area contributed by atoms with Crippen LogP contribution in [0.3, 0.4) is 0 Å². The third-order valence-electron chi connectivity index (χ3n) is 5.80. The molecule has 3 rings (SSSR count). The van der Waals surface area contributed by atoms with E-state index in [1.165, 1.54) is 24.8 Å². The van der Waals surface area contributed by atoms with Gasteiger partial charge in [0.15, 0.2) is 5.69 Å². The number of aromatic nitrogens is 2. The van der Waals surface area contributed by atoms with Gasteiger partial charge in [-0.25, -0.2) is 4.68 Å². The number of alkyl halides is 2. The van der Waals surface area contributed by atoms with E-state index < -0.39 is 29.7 Å². The second-order valence-corrected chi connectivity index (χ2v) is 7.85. The number of nitrogens with zero attached hydrogens (tertiary/aromatic N) is 3. The first-order chi connectivity index (χ1) is 13.1. The van der Waals surface area contributed by atoms with Crippen molar-refractivity contribution in [1.29, 1.82) is 0 Å². The van der Waals surface area contributed by atoms with Gasteiger partial charge in [0.25, 0.3) is 5.91 Å². The van der Waals surface area contributed by atoms with Crippen LogP contribution >= 0.6 is 0 Å². The molecule has 2 aliphatic rings. The predicted molar refractivity (Wildman–Crippen MR) is 94.9 cm³/mol. The summed E-state index contributed by atoms with van der Waals surface area (Å²) in [7, 11) is 0. The number of halogens is 2. The van der Waals surface area contributed by atoms with Crippen LogP contribution in [0.1, 0.15) is 55.8 Å². The average Bonchev–Trinajstić information content (AvgIpc) is 3.01. The zero-order valence-electron chi connectivity index (χ0n) is 16.2. The second-order valence-electron chi connectivity index (χ2n) is 7.85. The normalized spacial score (nSPS) is 27.2. The zero-order chi connectivity index (χ0) is 20.7. The second kappa shape index (κ2) is 7.40. The smallest absolute Gasteiger partial charge is 0.333 e. The van der Waals surface area contributed by atoms with Gasteiger partial charge in [0.1, 0.15) is 6.10 Å². The number of amides is 2. The maximum atomic E-state index is 12.9. The maximum absolute atomic E-state index is 12.9. The Bertz CT molecular complexity index is 761. The molecule has 2 amide bonds. The Morgan fingerprint density at radius 3 is 2.54 bits per heavy atom. The summed E-state index contributed by atoms with van der Waals surface area (Å²) < 4.78 is 32.2. The van der Waals surface area contributed by atoms with Crippen LogP contribution < -0.4 is 5.32 Å². The largest absolute Gasteiger partial charge is 0.388 e. The minimum atomic E-state index is -2.80. The molecule has 0 aromatic carbocycles. The minimum Gasteiger partial charge on any atom is -0.388 e. The van der Waals surface area contributed by atoms with Crippen LogP contribution in [0.25, 0.3) is 0 Å². The number of piperidine rings is 1. The molecule has 1 aromatic rings. The number of carbonyl (C=O) groups excluding carboxylic acids is 2. The lowest BCUT2D eigenvalue weighted by atomic mass is 9.73. The first-order valence-corrected chi connectivity index (χ1v) is 9.32. The molecule has 2 N–H and O–H groups in total. The van der Waals surface area contributed by atoms with Crippen molar-refractivity contribution in [2.75, 3.05) is 19.7 Å². The molecule has 0 unspecified atom stereocenters. The summed E-state index contributed by atoms with van der Waals surface area (Å²) in [6.07, 6.45) is 0.325.